The van der Waals surface area contributed by atoms with Crippen LogP contribution in [0.3, 0.4) is 0 Å². The van der Waals surface area contributed by atoms with Gasteiger partial charge in [-0.05, 0) is 13.0 Å². The fraction of sp³-hybridized carbons (Fsp3) is 0.579. The van der Waals surface area contributed by atoms with Crippen molar-refractivity contribution >= 4 is 5.82 Å². The zero-order valence-electron chi connectivity index (χ0n) is 17.8. The van der Waals surface area contributed by atoms with Crippen molar-refractivity contribution < 1.29 is 29.9 Å². The number of nitrogens with zero attached hydrogens (tertiary/aromatic N) is 3. The summed E-state index contributed by atoms with van der Waals surface area (Å²) in [5, 5.41) is 36.9. The molecule has 182 valence electrons. The number of rotatable bonds is 4. The van der Waals surface area contributed by atoms with Crippen LogP contribution in [0.4, 0.5) is 5.82 Å². The number of aromatic nitrogens is 4. The third kappa shape index (κ3) is 5.55. The van der Waals surface area contributed by atoms with E-state index in [1.807, 2.05) is 0 Å². The third-order valence-corrected chi connectivity index (χ3v) is 5.39. The summed E-state index contributed by atoms with van der Waals surface area (Å²) in [7, 11) is 0. The highest BCUT2D eigenvalue weighted by Gasteiger charge is 2.35. The molecule has 0 spiro atoms. The van der Waals surface area contributed by atoms with Gasteiger partial charge in [-0.25, -0.2) is 9.59 Å². The van der Waals surface area contributed by atoms with Crippen molar-refractivity contribution in [2.24, 2.45) is 0 Å². The lowest BCUT2D eigenvalue weighted by atomic mass is 10.2. The molecule has 33 heavy (non-hydrogen) atoms. The van der Waals surface area contributed by atoms with Crippen LogP contribution in [0, 0.1) is 6.92 Å². The van der Waals surface area contributed by atoms with Gasteiger partial charge in [0.1, 0.15) is 30.5 Å². The molecule has 0 saturated carbocycles. The zero-order chi connectivity index (χ0) is 24.3. The van der Waals surface area contributed by atoms with E-state index in [-0.39, 0.29) is 31.9 Å². The summed E-state index contributed by atoms with van der Waals surface area (Å²) >= 11 is 0. The summed E-state index contributed by atoms with van der Waals surface area (Å²) in [5.74, 6) is 0.138. The van der Waals surface area contributed by atoms with Gasteiger partial charge in [0.25, 0.3) is 5.56 Å². The number of ether oxygens (including phenoxy) is 2. The number of nitrogen functional groups attached to an aromatic ring is 1. The van der Waals surface area contributed by atoms with Gasteiger partial charge in [0.05, 0.1) is 25.4 Å². The van der Waals surface area contributed by atoms with Gasteiger partial charge in [0.2, 0.25) is 0 Å². The molecule has 2 unspecified atom stereocenters. The number of nitrogens with one attached hydrogen (secondary N) is 1. The molecule has 4 heterocycles. The first kappa shape index (κ1) is 24.8. The second-order valence-electron chi connectivity index (χ2n) is 7.75. The molecule has 14 nitrogen and oxygen atoms in total. The van der Waals surface area contributed by atoms with E-state index < -0.39 is 53.8 Å². The number of hydrogen-bond donors (Lipinski definition) is 6. The van der Waals surface area contributed by atoms with Crippen molar-refractivity contribution in [2.45, 2.75) is 56.6 Å². The number of aryl methyl sites for hydroxylation is 1. The lowest BCUT2D eigenvalue weighted by molar-refractivity contribution is -0.0459. The largest absolute Gasteiger partial charge is 0.394 e. The van der Waals surface area contributed by atoms with Gasteiger partial charge in [0.15, 0.2) is 0 Å². The van der Waals surface area contributed by atoms with Crippen molar-refractivity contribution in [2.75, 3.05) is 18.9 Å². The van der Waals surface area contributed by atoms with Crippen LogP contribution in [-0.4, -0.2) is 77.2 Å². The Morgan fingerprint density at radius 2 is 1.61 bits per heavy atom. The molecule has 0 bridgehead atoms. The molecule has 2 aromatic heterocycles. The SMILES string of the molecule is Cc1cn([C@@H]2CC(O)[C@H](CO)O2)c(=O)[nH]c1=O.Nc1ccn([C@@H]2CC(O)[C@H](CO)O2)c(=O)n1. The average molecular weight is 469 g/mol. The van der Waals surface area contributed by atoms with Crippen LogP contribution in [0.5, 0.6) is 0 Å². The average Bonchev–Trinajstić information content (AvgIpc) is 3.32. The summed E-state index contributed by atoms with van der Waals surface area (Å²) in [6.45, 7) is 0.979. The number of anilines is 1. The van der Waals surface area contributed by atoms with Crippen molar-refractivity contribution in [3.8, 4) is 0 Å². The summed E-state index contributed by atoms with van der Waals surface area (Å²) < 4.78 is 13.1. The normalized spacial score (nSPS) is 29.0. The summed E-state index contributed by atoms with van der Waals surface area (Å²) in [6.07, 6.45) is -0.914. The maximum atomic E-state index is 11.6. The highest BCUT2D eigenvalue weighted by atomic mass is 16.5. The number of H-pyrrole nitrogens is 1. The van der Waals surface area contributed by atoms with Crippen LogP contribution in [0.2, 0.25) is 0 Å². The molecule has 0 aliphatic carbocycles. The zero-order valence-corrected chi connectivity index (χ0v) is 17.8. The molecular weight excluding hydrogens is 442 g/mol. The standard InChI is InChI=1S/C10H14N2O5.C9H13N3O4/c1-5-3-12(10(16)11-9(5)15)8-2-6(14)7(4-13)17-8;10-7-1-2-12(9(15)11-7)8-3-5(14)6(4-13)16-8/h3,6-8,13-14H,2,4H2,1H3,(H,11,15,16);1-2,5-6,8,13-14H,3-4H2,(H2,10,11,15)/t6?,7-,8-;5?,6-,8-/m00/s1. The number of aliphatic hydroxyl groups is 4. The predicted molar refractivity (Wildman–Crippen MR) is 112 cm³/mol. The number of nitrogens with two attached hydrogens (primary N) is 1. The first-order valence-electron chi connectivity index (χ1n) is 10.2. The first-order chi connectivity index (χ1) is 15.6. The van der Waals surface area contributed by atoms with Gasteiger partial charge in [-0.2, -0.15) is 4.98 Å². The quantitative estimate of drug-likeness (QED) is 0.264. The Balaban J connectivity index is 0.000000186. The lowest BCUT2D eigenvalue weighted by Gasteiger charge is -2.14. The molecule has 2 aromatic rings. The van der Waals surface area contributed by atoms with E-state index in [1.54, 1.807) is 6.92 Å². The van der Waals surface area contributed by atoms with Crippen molar-refractivity contribution in [3.05, 3.63) is 55.3 Å². The molecule has 2 saturated heterocycles. The maximum absolute atomic E-state index is 11.6. The monoisotopic (exact) mass is 469 g/mol. The molecule has 2 fully saturated rings. The van der Waals surface area contributed by atoms with Gasteiger partial charge >= 0.3 is 11.4 Å². The molecule has 0 amide bonds. The molecule has 6 atom stereocenters. The fourth-order valence-electron chi connectivity index (χ4n) is 3.55. The Bertz CT molecular complexity index is 1130. The van der Waals surface area contributed by atoms with Crippen LogP contribution in [-0.2, 0) is 9.47 Å². The predicted octanol–water partition coefficient (Wildman–Crippen LogP) is -3.05. The Hall–Kier alpha value is -2.88. The maximum Gasteiger partial charge on any atom is 0.351 e. The molecular formula is C19H27N5O9. The first-order valence-corrected chi connectivity index (χ1v) is 10.2. The van der Waals surface area contributed by atoms with Gasteiger partial charge in [-0.15, -0.1) is 0 Å². The van der Waals surface area contributed by atoms with Gasteiger partial charge in [0, 0.05) is 30.8 Å². The number of aliphatic hydroxyl groups excluding tert-OH is 4. The van der Waals surface area contributed by atoms with Gasteiger partial charge in [-0.3, -0.25) is 18.9 Å². The minimum atomic E-state index is -0.816. The fourth-order valence-corrected chi connectivity index (χ4v) is 3.55. The highest BCUT2D eigenvalue weighted by Crippen LogP contribution is 2.28. The van der Waals surface area contributed by atoms with E-state index in [2.05, 4.69) is 9.97 Å². The molecule has 14 heteroatoms. The number of aromatic amines is 1. The second kappa shape index (κ2) is 10.4. The molecule has 2 aliphatic rings. The summed E-state index contributed by atoms with van der Waals surface area (Å²) in [4.78, 5) is 39.9. The van der Waals surface area contributed by atoms with E-state index in [0.29, 0.717) is 5.56 Å². The van der Waals surface area contributed by atoms with Crippen LogP contribution in [0.25, 0.3) is 0 Å². The molecule has 0 aromatic carbocycles. The van der Waals surface area contributed by atoms with E-state index in [9.17, 15) is 24.6 Å². The minimum absolute atomic E-state index is 0.138. The Kier molecular flexibility index (Phi) is 7.78. The molecule has 2 aliphatic heterocycles. The summed E-state index contributed by atoms with van der Waals surface area (Å²) in [6, 6.07) is 1.48. The van der Waals surface area contributed by atoms with Crippen LogP contribution >= 0.6 is 0 Å². The van der Waals surface area contributed by atoms with E-state index in [0.717, 1.165) is 0 Å². The van der Waals surface area contributed by atoms with Crippen molar-refractivity contribution in [3.63, 3.8) is 0 Å². The third-order valence-electron chi connectivity index (χ3n) is 5.39. The lowest BCUT2D eigenvalue weighted by Crippen LogP contribution is -2.33. The Morgan fingerprint density at radius 1 is 1.06 bits per heavy atom. The van der Waals surface area contributed by atoms with Crippen molar-refractivity contribution in [1.29, 1.82) is 0 Å². The minimum Gasteiger partial charge on any atom is -0.394 e. The second-order valence-corrected chi connectivity index (χ2v) is 7.75. The molecule has 7 N–H and O–H groups in total. The van der Waals surface area contributed by atoms with Gasteiger partial charge in [-0.1, -0.05) is 0 Å². The molecule has 4 rings (SSSR count). The van der Waals surface area contributed by atoms with E-state index >= 15 is 0 Å². The summed E-state index contributed by atoms with van der Waals surface area (Å²) in [5.41, 5.74) is 4.18. The van der Waals surface area contributed by atoms with Crippen LogP contribution < -0.4 is 22.7 Å². The van der Waals surface area contributed by atoms with E-state index in [1.165, 1.54) is 27.6 Å². The van der Waals surface area contributed by atoms with Crippen LogP contribution in [0.1, 0.15) is 30.9 Å². The van der Waals surface area contributed by atoms with E-state index in [4.69, 9.17) is 25.4 Å². The van der Waals surface area contributed by atoms with Crippen molar-refractivity contribution in [1.82, 2.24) is 19.1 Å². The highest BCUT2D eigenvalue weighted by molar-refractivity contribution is 5.23. The van der Waals surface area contributed by atoms with Gasteiger partial charge < -0.3 is 35.6 Å². The molecule has 0 radical (unpaired) electrons. The topological polar surface area (TPSA) is 215 Å². The number of hydrogen-bond acceptors (Lipinski definition) is 11. The Labute approximate surface area is 186 Å². The smallest absolute Gasteiger partial charge is 0.351 e. The van der Waals surface area contributed by atoms with Crippen LogP contribution in [0.15, 0.2) is 32.8 Å². The Morgan fingerprint density at radius 3 is 2.09 bits per heavy atom.